The van der Waals surface area contributed by atoms with E-state index in [4.69, 9.17) is 0 Å². The van der Waals surface area contributed by atoms with Gasteiger partial charge < -0.3 is 0 Å². The number of hydrogen-bond donors (Lipinski definition) is 0. The molecule has 1 aromatic heterocycles. The fraction of sp³-hybridized carbons (Fsp3) is 0.381. The molecule has 0 unspecified atom stereocenters. The molecule has 0 aliphatic carbocycles. The third-order valence-electron chi connectivity index (χ3n) is 5.41. The van der Waals surface area contributed by atoms with Gasteiger partial charge in [0, 0.05) is 26.2 Å². The van der Waals surface area contributed by atoms with Crippen molar-refractivity contribution in [3.05, 3.63) is 63.4 Å². The summed E-state index contributed by atoms with van der Waals surface area (Å²) in [4.78, 5) is 15.1. The van der Waals surface area contributed by atoms with Crippen molar-refractivity contribution in [3.63, 3.8) is 0 Å². The predicted octanol–water partition coefficient (Wildman–Crippen LogP) is 2.95. The summed E-state index contributed by atoms with van der Waals surface area (Å²) in [6.45, 7) is 8.24. The fourth-order valence-electron chi connectivity index (χ4n) is 4.11. The Labute approximate surface area is 175 Å². The van der Waals surface area contributed by atoms with E-state index < -0.39 is 10.0 Å². The van der Waals surface area contributed by atoms with Crippen molar-refractivity contribution in [2.24, 2.45) is 0 Å². The van der Waals surface area contributed by atoms with Crippen LogP contribution in [0.2, 0.25) is 0 Å². The zero-order chi connectivity index (χ0) is 20.8. The molecule has 4 rings (SSSR count). The molecule has 0 radical (unpaired) electrons. The molecule has 3 aromatic rings. The number of aryl methyl sites for hydroxylation is 3. The summed E-state index contributed by atoms with van der Waals surface area (Å²) < 4.78 is 30.8. The summed E-state index contributed by atoms with van der Waals surface area (Å²) in [6, 6.07) is 11.4. The standard InChI is InChI=1S/C21H25N3O3S2/c1-15-12-16(2)20(17(3)13-15)29(26,27)23-10-8-22(9-11-23)14-24-21(25)18-6-4-5-7-19(18)28-24/h4-7,12-13H,8-11,14H2,1-3H3. The van der Waals surface area contributed by atoms with Gasteiger partial charge in [-0.3, -0.25) is 9.69 Å². The highest BCUT2D eigenvalue weighted by molar-refractivity contribution is 7.89. The van der Waals surface area contributed by atoms with Gasteiger partial charge >= 0.3 is 0 Å². The maximum Gasteiger partial charge on any atom is 0.269 e. The molecule has 0 bridgehead atoms. The number of aromatic nitrogens is 1. The SMILES string of the molecule is Cc1cc(C)c(S(=O)(=O)N2CCN(Cn3sc4ccccc4c3=O)CC2)c(C)c1. The summed E-state index contributed by atoms with van der Waals surface area (Å²) >= 11 is 1.46. The molecule has 0 amide bonds. The zero-order valence-electron chi connectivity index (χ0n) is 16.9. The Balaban J connectivity index is 1.49. The van der Waals surface area contributed by atoms with Gasteiger partial charge in [-0.1, -0.05) is 41.4 Å². The third-order valence-corrected chi connectivity index (χ3v) is 8.67. The van der Waals surface area contributed by atoms with Gasteiger partial charge in [0.05, 0.1) is 21.7 Å². The summed E-state index contributed by atoms with van der Waals surface area (Å²) in [6.07, 6.45) is 0. The first-order chi connectivity index (χ1) is 13.8. The minimum atomic E-state index is -3.52. The van der Waals surface area contributed by atoms with Crippen molar-refractivity contribution in [3.8, 4) is 0 Å². The Kier molecular flexibility index (Phi) is 5.37. The first-order valence-electron chi connectivity index (χ1n) is 9.66. The molecular weight excluding hydrogens is 406 g/mol. The van der Waals surface area contributed by atoms with Crippen LogP contribution in [0.5, 0.6) is 0 Å². The number of benzene rings is 2. The predicted molar refractivity (Wildman–Crippen MR) is 117 cm³/mol. The van der Waals surface area contributed by atoms with E-state index in [0.29, 0.717) is 37.7 Å². The van der Waals surface area contributed by atoms with Crippen LogP contribution in [0.15, 0.2) is 46.1 Å². The minimum absolute atomic E-state index is 0.0200. The van der Waals surface area contributed by atoms with Crippen molar-refractivity contribution in [2.45, 2.75) is 32.3 Å². The minimum Gasteiger partial charge on any atom is -0.282 e. The second kappa shape index (κ2) is 7.68. The molecule has 6 nitrogen and oxygen atoms in total. The van der Waals surface area contributed by atoms with Crippen molar-refractivity contribution in [1.29, 1.82) is 0 Å². The first kappa shape index (κ1) is 20.3. The molecule has 2 heterocycles. The second-order valence-corrected chi connectivity index (χ2v) is 10.6. The maximum absolute atomic E-state index is 13.2. The topological polar surface area (TPSA) is 62.6 Å². The summed E-state index contributed by atoms with van der Waals surface area (Å²) in [5.74, 6) is 0. The van der Waals surface area contributed by atoms with E-state index in [-0.39, 0.29) is 5.56 Å². The van der Waals surface area contributed by atoms with E-state index in [1.165, 1.54) is 11.5 Å². The number of rotatable bonds is 4. The third kappa shape index (κ3) is 3.77. The van der Waals surface area contributed by atoms with Gasteiger partial charge in [-0.15, -0.1) is 0 Å². The lowest BCUT2D eigenvalue weighted by Crippen LogP contribution is -2.49. The van der Waals surface area contributed by atoms with Crippen LogP contribution in [0, 0.1) is 20.8 Å². The number of fused-ring (bicyclic) bond motifs is 1. The van der Waals surface area contributed by atoms with Crippen LogP contribution < -0.4 is 5.56 Å². The number of piperazine rings is 1. The monoisotopic (exact) mass is 431 g/mol. The molecule has 0 spiro atoms. The quantitative estimate of drug-likeness (QED) is 0.637. The zero-order valence-corrected chi connectivity index (χ0v) is 18.5. The van der Waals surface area contributed by atoms with Crippen LogP contribution in [-0.2, 0) is 16.7 Å². The fourth-order valence-corrected chi connectivity index (χ4v) is 6.97. The van der Waals surface area contributed by atoms with Crippen molar-refractivity contribution >= 4 is 31.6 Å². The molecule has 29 heavy (non-hydrogen) atoms. The Bertz CT molecular complexity index is 1200. The Morgan fingerprint density at radius 3 is 2.21 bits per heavy atom. The molecule has 1 aliphatic heterocycles. The van der Waals surface area contributed by atoms with E-state index in [1.807, 2.05) is 57.2 Å². The van der Waals surface area contributed by atoms with Gasteiger partial charge in [0.25, 0.3) is 5.56 Å². The molecule has 1 aliphatic rings. The highest BCUT2D eigenvalue weighted by atomic mass is 32.2. The van der Waals surface area contributed by atoms with Gasteiger partial charge in [-0.2, -0.15) is 4.31 Å². The average molecular weight is 432 g/mol. The second-order valence-electron chi connectivity index (χ2n) is 7.66. The Morgan fingerprint density at radius 1 is 0.966 bits per heavy atom. The molecular formula is C21H25N3O3S2. The maximum atomic E-state index is 13.2. The van der Waals surface area contributed by atoms with E-state index in [2.05, 4.69) is 4.90 Å². The summed E-state index contributed by atoms with van der Waals surface area (Å²) in [7, 11) is -3.52. The lowest BCUT2D eigenvalue weighted by molar-refractivity contribution is 0.156. The summed E-state index contributed by atoms with van der Waals surface area (Å²) in [5, 5.41) is 0.740. The van der Waals surface area contributed by atoms with Gasteiger partial charge in [0.15, 0.2) is 0 Å². The van der Waals surface area contributed by atoms with E-state index >= 15 is 0 Å². The first-order valence-corrected chi connectivity index (χ1v) is 11.9. The smallest absolute Gasteiger partial charge is 0.269 e. The van der Waals surface area contributed by atoms with Crippen LogP contribution in [-0.4, -0.2) is 47.8 Å². The number of nitrogens with zero attached hydrogens (tertiary/aromatic N) is 3. The van der Waals surface area contributed by atoms with E-state index in [1.54, 1.807) is 8.26 Å². The molecule has 154 valence electrons. The lowest BCUT2D eigenvalue weighted by atomic mass is 10.1. The van der Waals surface area contributed by atoms with E-state index in [9.17, 15) is 13.2 Å². The molecule has 0 atom stereocenters. The molecule has 0 saturated carbocycles. The van der Waals surface area contributed by atoms with Gasteiger partial charge in [-0.25, -0.2) is 12.4 Å². The van der Waals surface area contributed by atoms with Crippen LogP contribution in [0.25, 0.3) is 10.1 Å². The van der Waals surface area contributed by atoms with Gasteiger partial charge in [0.1, 0.15) is 0 Å². The molecule has 0 N–H and O–H groups in total. The van der Waals surface area contributed by atoms with Crippen LogP contribution in [0.3, 0.4) is 0 Å². The molecule has 2 aromatic carbocycles. The van der Waals surface area contributed by atoms with Crippen molar-refractivity contribution < 1.29 is 8.42 Å². The van der Waals surface area contributed by atoms with Crippen LogP contribution in [0.4, 0.5) is 0 Å². The highest BCUT2D eigenvalue weighted by Gasteiger charge is 2.31. The largest absolute Gasteiger partial charge is 0.282 e. The van der Waals surface area contributed by atoms with Crippen LogP contribution in [0.1, 0.15) is 16.7 Å². The van der Waals surface area contributed by atoms with E-state index in [0.717, 1.165) is 26.8 Å². The summed E-state index contributed by atoms with van der Waals surface area (Å²) in [5.41, 5.74) is 2.67. The molecule has 1 saturated heterocycles. The molecule has 1 fully saturated rings. The van der Waals surface area contributed by atoms with Gasteiger partial charge in [-0.05, 0) is 44.0 Å². The Hall–Kier alpha value is -2.00. The Morgan fingerprint density at radius 2 is 1.59 bits per heavy atom. The lowest BCUT2D eigenvalue weighted by Gasteiger charge is -2.34. The number of sulfonamides is 1. The van der Waals surface area contributed by atoms with Crippen molar-refractivity contribution in [2.75, 3.05) is 26.2 Å². The average Bonchev–Trinajstić information content (AvgIpc) is 2.97. The highest BCUT2D eigenvalue weighted by Crippen LogP contribution is 2.26. The number of hydrogen-bond acceptors (Lipinski definition) is 5. The van der Waals surface area contributed by atoms with Gasteiger partial charge in [0.2, 0.25) is 10.0 Å². The van der Waals surface area contributed by atoms with Crippen molar-refractivity contribution in [1.82, 2.24) is 13.2 Å². The van der Waals surface area contributed by atoms with Crippen LogP contribution >= 0.6 is 11.5 Å². The molecule has 8 heteroatoms. The normalized spacial score (nSPS) is 16.5.